The highest BCUT2D eigenvalue weighted by atomic mass is 32.2. The third-order valence-corrected chi connectivity index (χ3v) is 6.79. The van der Waals surface area contributed by atoms with Crippen LogP contribution >= 0.6 is 11.8 Å². The number of benzene rings is 2. The second kappa shape index (κ2) is 9.56. The molecule has 0 fully saturated rings. The van der Waals surface area contributed by atoms with E-state index in [2.05, 4.69) is 33.7 Å². The Hall–Kier alpha value is -2.80. The Morgan fingerprint density at radius 1 is 1.16 bits per heavy atom. The average molecular weight is 437 g/mol. The molecule has 0 unspecified atom stereocenters. The van der Waals surface area contributed by atoms with Gasteiger partial charge in [0.15, 0.2) is 11.0 Å². The lowest BCUT2D eigenvalue weighted by atomic mass is 9.89. The lowest BCUT2D eigenvalue weighted by molar-refractivity contribution is -0.119. The number of rotatable bonds is 7. The molecule has 7 heteroatoms. The molecule has 1 aliphatic carbocycles. The van der Waals surface area contributed by atoms with Crippen molar-refractivity contribution in [1.82, 2.24) is 20.1 Å². The molecule has 0 aliphatic heterocycles. The number of aryl methyl sites for hydroxylation is 2. The minimum Gasteiger partial charge on any atom is -0.496 e. The first-order valence-electron chi connectivity index (χ1n) is 10.6. The highest BCUT2D eigenvalue weighted by molar-refractivity contribution is 7.99. The number of nitrogens with one attached hydrogen (secondary N) is 1. The van der Waals surface area contributed by atoms with Crippen LogP contribution in [0.2, 0.25) is 0 Å². The van der Waals surface area contributed by atoms with E-state index in [0.717, 1.165) is 23.3 Å². The number of carbonyl (C=O) groups is 1. The SMILES string of the molecule is COc1ccccc1-c1nnc(SCC(=O)N[C@@H](C)c2ccc3c(c2)CCCC3)n1C. The lowest BCUT2D eigenvalue weighted by Gasteiger charge is -2.20. The molecule has 2 aromatic carbocycles. The van der Waals surface area contributed by atoms with Crippen LogP contribution in [-0.2, 0) is 24.7 Å². The Morgan fingerprint density at radius 3 is 2.74 bits per heavy atom. The summed E-state index contributed by atoms with van der Waals surface area (Å²) in [5.41, 5.74) is 4.92. The molecule has 0 spiro atoms. The van der Waals surface area contributed by atoms with E-state index in [9.17, 15) is 4.79 Å². The first-order chi connectivity index (χ1) is 15.1. The number of methoxy groups -OCH3 is 1. The summed E-state index contributed by atoms with van der Waals surface area (Å²) in [6.07, 6.45) is 4.83. The van der Waals surface area contributed by atoms with E-state index in [4.69, 9.17) is 4.74 Å². The van der Waals surface area contributed by atoms with E-state index < -0.39 is 0 Å². The molecule has 0 bridgehead atoms. The van der Waals surface area contributed by atoms with Crippen LogP contribution in [0.3, 0.4) is 0 Å². The van der Waals surface area contributed by atoms with Gasteiger partial charge in [-0.15, -0.1) is 10.2 Å². The van der Waals surface area contributed by atoms with Crippen LogP contribution in [0.1, 0.15) is 42.5 Å². The smallest absolute Gasteiger partial charge is 0.230 e. The molecule has 0 radical (unpaired) electrons. The summed E-state index contributed by atoms with van der Waals surface area (Å²) in [5.74, 6) is 1.72. The third-order valence-electron chi connectivity index (χ3n) is 5.77. The maximum absolute atomic E-state index is 12.6. The van der Waals surface area contributed by atoms with Crippen molar-refractivity contribution in [3.05, 3.63) is 59.2 Å². The van der Waals surface area contributed by atoms with Crippen molar-refractivity contribution in [3.8, 4) is 17.1 Å². The minimum absolute atomic E-state index is 0.0166. The molecule has 1 aliphatic rings. The van der Waals surface area contributed by atoms with Gasteiger partial charge >= 0.3 is 0 Å². The molecule has 1 N–H and O–H groups in total. The average Bonchev–Trinajstić information content (AvgIpc) is 3.17. The molecule has 1 atom stereocenters. The highest BCUT2D eigenvalue weighted by Gasteiger charge is 2.17. The molecule has 1 heterocycles. The van der Waals surface area contributed by atoms with Gasteiger partial charge in [-0.25, -0.2) is 0 Å². The number of aromatic nitrogens is 3. The second-order valence-electron chi connectivity index (χ2n) is 7.88. The summed E-state index contributed by atoms with van der Waals surface area (Å²) in [6, 6.07) is 14.3. The van der Waals surface area contributed by atoms with Crippen molar-refractivity contribution in [1.29, 1.82) is 0 Å². The van der Waals surface area contributed by atoms with Crippen LogP contribution in [0.5, 0.6) is 5.75 Å². The summed E-state index contributed by atoms with van der Waals surface area (Å²) in [7, 11) is 3.54. The summed E-state index contributed by atoms with van der Waals surface area (Å²) < 4.78 is 7.32. The van der Waals surface area contributed by atoms with Gasteiger partial charge in [-0.05, 0) is 61.4 Å². The van der Waals surface area contributed by atoms with Gasteiger partial charge in [-0.1, -0.05) is 42.1 Å². The largest absolute Gasteiger partial charge is 0.496 e. The quantitative estimate of drug-likeness (QED) is 0.558. The first-order valence-corrected chi connectivity index (χ1v) is 11.6. The summed E-state index contributed by atoms with van der Waals surface area (Å²) >= 11 is 1.38. The van der Waals surface area contributed by atoms with Crippen LogP contribution < -0.4 is 10.1 Å². The van der Waals surface area contributed by atoms with E-state index in [1.807, 2.05) is 42.8 Å². The Morgan fingerprint density at radius 2 is 1.94 bits per heavy atom. The molecular weight excluding hydrogens is 408 g/mol. The predicted molar refractivity (Wildman–Crippen MR) is 123 cm³/mol. The number of thioether (sulfide) groups is 1. The maximum atomic E-state index is 12.6. The third kappa shape index (κ3) is 4.77. The van der Waals surface area contributed by atoms with Crippen molar-refractivity contribution in [2.45, 2.75) is 43.8 Å². The normalized spacial score (nSPS) is 14.0. The Kier molecular flexibility index (Phi) is 6.61. The number of amides is 1. The topological polar surface area (TPSA) is 69.0 Å². The Labute approximate surface area is 187 Å². The first kappa shape index (κ1) is 21.4. The standard InChI is InChI=1S/C24H28N4O2S/c1-16(18-13-12-17-8-4-5-9-19(17)14-18)25-22(29)15-31-24-27-26-23(28(24)2)20-10-6-7-11-21(20)30-3/h6-7,10-14,16H,4-5,8-9,15H2,1-3H3,(H,25,29)/t16-/m0/s1. The fourth-order valence-electron chi connectivity index (χ4n) is 4.02. The van der Waals surface area contributed by atoms with E-state index in [-0.39, 0.29) is 17.7 Å². The van der Waals surface area contributed by atoms with Crippen molar-refractivity contribution in [2.24, 2.45) is 7.05 Å². The number of hydrogen-bond donors (Lipinski definition) is 1. The second-order valence-corrected chi connectivity index (χ2v) is 8.82. The van der Waals surface area contributed by atoms with Gasteiger partial charge in [-0.3, -0.25) is 4.79 Å². The number of fused-ring (bicyclic) bond motifs is 1. The minimum atomic E-state index is -0.0241. The van der Waals surface area contributed by atoms with Gasteiger partial charge in [-0.2, -0.15) is 0 Å². The van der Waals surface area contributed by atoms with Gasteiger partial charge in [0.2, 0.25) is 5.91 Å². The number of para-hydroxylation sites is 1. The van der Waals surface area contributed by atoms with Gasteiger partial charge in [0, 0.05) is 7.05 Å². The van der Waals surface area contributed by atoms with Gasteiger partial charge < -0.3 is 14.6 Å². The molecule has 1 amide bonds. The molecule has 4 rings (SSSR count). The molecule has 162 valence electrons. The number of carbonyl (C=O) groups excluding carboxylic acids is 1. The van der Waals surface area contributed by atoms with E-state index in [0.29, 0.717) is 11.0 Å². The molecule has 1 aromatic heterocycles. The van der Waals surface area contributed by atoms with Crippen LogP contribution in [0.15, 0.2) is 47.6 Å². The molecule has 31 heavy (non-hydrogen) atoms. The van der Waals surface area contributed by atoms with E-state index in [1.54, 1.807) is 7.11 Å². The fourth-order valence-corrected chi connectivity index (χ4v) is 4.75. The zero-order valence-electron chi connectivity index (χ0n) is 18.2. The summed E-state index contributed by atoms with van der Waals surface area (Å²) in [5, 5.41) is 12.4. The number of hydrogen-bond acceptors (Lipinski definition) is 5. The summed E-state index contributed by atoms with van der Waals surface area (Å²) in [6.45, 7) is 2.04. The van der Waals surface area contributed by atoms with Crippen molar-refractivity contribution >= 4 is 17.7 Å². The Balaban J connectivity index is 1.37. The van der Waals surface area contributed by atoms with Crippen molar-refractivity contribution in [2.75, 3.05) is 12.9 Å². The van der Waals surface area contributed by atoms with E-state index in [1.165, 1.54) is 42.2 Å². The molecule has 3 aromatic rings. The monoisotopic (exact) mass is 436 g/mol. The number of ether oxygens (including phenoxy) is 1. The van der Waals surface area contributed by atoms with Gasteiger partial charge in [0.1, 0.15) is 5.75 Å². The van der Waals surface area contributed by atoms with Gasteiger partial charge in [0.25, 0.3) is 0 Å². The van der Waals surface area contributed by atoms with Crippen LogP contribution in [-0.4, -0.2) is 33.5 Å². The molecule has 6 nitrogen and oxygen atoms in total. The highest BCUT2D eigenvalue weighted by Crippen LogP contribution is 2.30. The van der Waals surface area contributed by atoms with E-state index >= 15 is 0 Å². The summed E-state index contributed by atoms with van der Waals surface area (Å²) in [4.78, 5) is 12.6. The predicted octanol–water partition coefficient (Wildman–Crippen LogP) is 4.34. The van der Waals surface area contributed by atoms with Gasteiger partial charge in [0.05, 0.1) is 24.5 Å². The molecule has 0 saturated heterocycles. The van der Waals surface area contributed by atoms with Crippen LogP contribution in [0.25, 0.3) is 11.4 Å². The molecule has 0 saturated carbocycles. The van der Waals surface area contributed by atoms with Crippen LogP contribution in [0.4, 0.5) is 0 Å². The molecular formula is C24H28N4O2S. The number of nitrogens with zero attached hydrogens (tertiary/aromatic N) is 3. The lowest BCUT2D eigenvalue weighted by Crippen LogP contribution is -2.28. The van der Waals surface area contributed by atoms with Crippen molar-refractivity contribution < 1.29 is 9.53 Å². The maximum Gasteiger partial charge on any atom is 0.230 e. The zero-order chi connectivity index (χ0) is 21.8. The van der Waals surface area contributed by atoms with Crippen molar-refractivity contribution in [3.63, 3.8) is 0 Å². The fraction of sp³-hybridized carbons (Fsp3) is 0.375. The van der Waals surface area contributed by atoms with Crippen LogP contribution in [0, 0.1) is 0 Å². The Bertz CT molecular complexity index is 1080. The zero-order valence-corrected chi connectivity index (χ0v) is 19.0.